The Morgan fingerprint density at radius 1 is 1.17 bits per heavy atom. The van der Waals surface area contributed by atoms with Gasteiger partial charge in [0.05, 0.1) is 17.2 Å². The summed E-state index contributed by atoms with van der Waals surface area (Å²) in [5.74, 6) is -0.401. The van der Waals surface area contributed by atoms with Crippen molar-refractivity contribution in [3.8, 4) is 0 Å². The van der Waals surface area contributed by atoms with E-state index in [1.807, 2.05) is 0 Å². The molecular formula is C20H20FN5O3. The number of carbonyl (C=O) groups excluding carboxylic acids is 1. The largest absolute Gasteiger partial charge is 0.337 e. The fourth-order valence-corrected chi connectivity index (χ4v) is 3.64. The van der Waals surface area contributed by atoms with E-state index in [2.05, 4.69) is 10.1 Å². The Morgan fingerprint density at radius 3 is 2.66 bits per heavy atom. The summed E-state index contributed by atoms with van der Waals surface area (Å²) >= 11 is 0. The fraction of sp³-hybridized carbons (Fsp3) is 0.350. The molecule has 1 aliphatic heterocycles. The lowest BCUT2D eigenvalue weighted by Crippen LogP contribution is -2.41. The predicted octanol–water partition coefficient (Wildman–Crippen LogP) is 1.18. The van der Waals surface area contributed by atoms with Crippen molar-refractivity contribution >= 4 is 16.8 Å². The molecule has 0 saturated carbocycles. The Bertz CT molecular complexity index is 1190. The summed E-state index contributed by atoms with van der Waals surface area (Å²) in [6.45, 7) is 1.60. The highest BCUT2D eigenvalue weighted by Gasteiger charge is 2.25. The van der Waals surface area contributed by atoms with Gasteiger partial charge in [-0.1, -0.05) is 0 Å². The number of benzene rings is 1. The van der Waals surface area contributed by atoms with Crippen LogP contribution in [0.25, 0.3) is 10.9 Å². The maximum absolute atomic E-state index is 13.3. The zero-order valence-corrected chi connectivity index (χ0v) is 15.9. The van der Waals surface area contributed by atoms with Gasteiger partial charge in [0.1, 0.15) is 11.5 Å². The van der Waals surface area contributed by atoms with Crippen molar-refractivity contribution in [2.75, 3.05) is 13.1 Å². The van der Waals surface area contributed by atoms with Crippen LogP contribution >= 0.6 is 0 Å². The van der Waals surface area contributed by atoms with E-state index in [0.29, 0.717) is 30.5 Å². The first-order valence-electron chi connectivity index (χ1n) is 9.41. The number of rotatable bonds is 3. The van der Waals surface area contributed by atoms with Gasteiger partial charge in [0, 0.05) is 38.8 Å². The second-order valence-corrected chi connectivity index (χ2v) is 7.28. The third-order valence-corrected chi connectivity index (χ3v) is 5.32. The molecule has 1 aromatic carbocycles. The summed E-state index contributed by atoms with van der Waals surface area (Å²) in [7, 11) is 1.51. The average molecular weight is 397 g/mol. The Morgan fingerprint density at radius 2 is 1.93 bits per heavy atom. The van der Waals surface area contributed by atoms with E-state index in [-0.39, 0.29) is 28.6 Å². The summed E-state index contributed by atoms with van der Waals surface area (Å²) in [5, 5.41) is 4.40. The van der Waals surface area contributed by atoms with Crippen LogP contribution in [0.5, 0.6) is 0 Å². The first kappa shape index (κ1) is 19.0. The monoisotopic (exact) mass is 397 g/mol. The van der Waals surface area contributed by atoms with Crippen LogP contribution in [0.4, 0.5) is 4.39 Å². The smallest absolute Gasteiger partial charge is 0.274 e. The fourth-order valence-electron chi connectivity index (χ4n) is 3.64. The minimum atomic E-state index is -0.424. The first-order chi connectivity index (χ1) is 13.9. The quantitative estimate of drug-likeness (QED) is 0.662. The van der Waals surface area contributed by atoms with E-state index in [1.54, 1.807) is 9.47 Å². The maximum Gasteiger partial charge on any atom is 0.274 e. The molecule has 150 valence electrons. The molecule has 9 heteroatoms. The molecule has 3 heterocycles. The number of halogens is 1. The van der Waals surface area contributed by atoms with E-state index in [0.717, 1.165) is 17.5 Å². The normalized spacial score (nSPS) is 15.0. The van der Waals surface area contributed by atoms with E-state index >= 15 is 0 Å². The van der Waals surface area contributed by atoms with Crippen LogP contribution in [-0.2, 0) is 13.6 Å². The second-order valence-electron chi connectivity index (χ2n) is 7.28. The van der Waals surface area contributed by atoms with Crippen LogP contribution in [0.3, 0.4) is 0 Å². The minimum absolute atomic E-state index is 0.192. The summed E-state index contributed by atoms with van der Waals surface area (Å²) in [4.78, 5) is 42.6. The van der Waals surface area contributed by atoms with Gasteiger partial charge < -0.3 is 4.90 Å². The zero-order valence-electron chi connectivity index (χ0n) is 15.9. The summed E-state index contributed by atoms with van der Waals surface area (Å²) < 4.78 is 16.0. The van der Waals surface area contributed by atoms with Crippen LogP contribution in [0.1, 0.15) is 23.3 Å². The number of hydrogen-bond acceptors (Lipinski definition) is 5. The molecule has 0 bridgehead atoms. The molecule has 1 saturated heterocycles. The van der Waals surface area contributed by atoms with Gasteiger partial charge in [0.15, 0.2) is 0 Å². The molecule has 2 aromatic heterocycles. The van der Waals surface area contributed by atoms with Gasteiger partial charge in [-0.2, -0.15) is 5.10 Å². The number of piperidine rings is 1. The highest BCUT2D eigenvalue weighted by molar-refractivity contribution is 5.92. The Kier molecular flexibility index (Phi) is 4.96. The molecule has 0 aliphatic carbocycles. The number of amides is 1. The van der Waals surface area contributed by atoms with Gasteiger partial charge in [-0.3, -0.25) is 19.0 Å². The van der Waals surface area contributed by atoms with Crippen LogP contribution in [0.15, 0.2) is 46.2 Å². The minimum Gasteiger partial charge on any atom is -0.337 e. The molecule has 0 unspecified atom stereocenters. The van der Waals surface area contributed by atoms with Crippen molar-refractivity contribution in [1.29, 1.82) is 0 Å². The Hall–Kier alpha value is -3.36. The summed E-state index contributed by atoms with van der Waals surface area (Å²) in [5.41, 5.74) is 0.129. The van der Waals surface area contributed by atoms with E-state index < -0.39 is 5.82 Å². The Balaban J connectivity index is 1.43. The van der Waals surface area contributed by atoms with Gasteiger partial charge in [0.2, 0.25) is 0 Å². The molecule has 1 amide bonds. The van der Waals surface area contributed by atoms with Crippen molar-refractivity contribution in [3.05, 3.63) is 68.9 Å². The standard InChI is InChI=1S/C20H20FN5O3/c1-24-18(27)5-4-16(23-24)20(29)25-8-6-13(7-9-25)11-26-12-22-17-10-14(21)2-3-15(17)19(26)28/h2-5,10,12-13H,6-9,11H2,1H3. The number of likely N-dealkylation sites (tertiary alicyclic amines) is 1. The zero-order chi connectivity index (χ0) is 20.5. The number of nitrogens with zero attached hydrogens (tertiary/aromatic N) is 5. The lowest BCUT2D eigenvalue weighted by Gasteiger charge is -2.32. The van der Waals surface area contributed by atoms with Crippen LogP contribution in [0.2, 0.25) is 0 Å². The number of fused-ring (bicyclic) bond motifs is 1. The SMILES string of the molecule is Cn1nc(C(=O)N2CCC(Cn3cnc4cc(F)ccc4c3=O)CC2)ccc1=O. The van der Waals surface area contributed by atoms with Crippen molar-refractivity contribution in [2.45, 2.75) is 19.4 Å². The van der Waals surface area contributed by atoms with Gasteiger partial charge in [-0.15, -0.1) is 0 Å². The molecule has 1 aliphatic rings. The van der Waals surface area contributed by atoms with Crippen LogP contribution in [-0.4, -0.2) is 43.2 Å². The van der Waals surface area contributed by atoms with E-state index in [9.17, 15) is 18.8 Å². The van der Waals surface area contributed by atoms with Crippen molar-refractivity contribution < 1.29 is 9.18 Å². The molecule has 4 rings (SSSR count). The molecule has 3 aromatic rings. The molecule has 29 heavy (non-hydrogen) atoms. The Labute approximate surface area is 165 Å². The van der Waals surface area contributed by atoms with Gasteiger partial charge in [-0.25, -0.2) is 14.1 Å². The summed E-state index contributed by atoms with van der Waals surface area (Å²) in [6, 6.07) is 6.74. The number of aryl methyl sites for hydroxylation is 1. The van der Waals surface area contributed by atoms with Gasteiger partial charge in [0.25, 0.3) is 17.0 Å². The highest BCUT2D eigenvalue weighted by atomic mass is 19.1. The highest BCUT2D eigenvalue weighted by Crippen LogP contribution is 2.20. The van der Waals surface area contributed by atoms with Crippen LogP contribution in [0, 0.1) is 11.7 Å². The molecule has 0 atom stereocenters. The third kappa shape index (κ3) is 3.80. The number of carbonyl (C=O) groups is 1. The lowest BCUT2D eigenvalue weighted by atomic mass is 9.96. The van der Waals surface area contributed by atoms with E-state index in [1.165, 1.54) is 43.7 Å². The van der Waals surface area contributed by atoms with Crippen molar-refractivity contribution in [2.24, 2.45) is 13.0 Å². The van der Waals surface area contributed by atoms with Crippen molar-refractivity contribution in [3.63, 3.8) is 0 Å². The maximum atomic E-state index is 13.3. The number of hydrogen-bond donors (Lipinski definition) is 0. The average Bonchev–Trinajstić information content (AvgIpc) is 2.72. The molecule has 0 spiro atoms. The molecule has 0 N–H and O–H groups in total. The first-order valence-corrected chi connectivity index (χ1v) is 9.41. The number of aromatic nitrogens is 4. The van der Waals surface area contributed by atoms with Gasteiger partial charge in [-0.05, 0) is 37.0 Å². The topological polar surface area (TPSA) is 90.1 Å². The molecule has 8 nitrogen and oxygen atoms in total. The van der Waals surface area contributed by atoms with Crippen molar-refractivity contribution in [1.82, 2.24) is 24.2 Å². The summed E-state index contributed by atoms with van der Waals surface area (Å²) in [6.07, 6.45) is 2.94. The lowest BCUT2D eigenvalue weighted by molar-refractivity contribution is 0.0673. The van der Waals surface area contributed by atoms with E-state index in [4.69, 9.17) is 0 Å². The predicted molar refractivity (Wildman–Crippen MR) is 104 cm³/mol. The third-order valence-electron chi connectivity index (χ3n) is 5.32. The molecule has 1 fully saturated rings. The molecule has 0 radical (unpaired) electrons. The van der Waals surface area contributed by atoms with Crippen LogP contribution < -0.4 is 11.1 Å². The second kappa shape index (κ2) is 7.57. The molecular weight excluding hydrogens is 377 g/mol. The van der Waals surface area contributed by atoms with Gasteiger partial charge >= 0.3 is 0 Å².